The van der Waals surface area contributed by atoms with Gasteiger partial charge in [-0.1, -0.05) is 6.42 Å². The lowest BCUT2D eigenvalue weighted by atomic mass is 9.86. The maximum absolute atomic E-state index is 11.6. The Balaban J connectivity index is 2.42. The Hall–Kier alpha value is -0.730. The Morgan fingerprint density at radius 2 is 1.73 bits per heavy atom. The van der Waals surface area contributed by atoms with Gasteiger partial charge in [-0.25, -0.2) is 4.79 Å². The number of ether oxygens (including phenoxy) is 1. The number of alkyl carbamates (subject to hydrolysis) is 1. The predicted octanol–water partition coefficient (Wildman–Crippen LogP) is 3.23. The molecule has 3 heteroatoms. The molecule has 1 aliphatic rings. The van der Waals surface area contributed by atoms with Gasteiger partial charge >= 0.3 is 6.09 Å². The fourth-order valence-corrected chi connectivity index (χ4v) is 1.96. The fourth-order valence-electron chi connectivity index (χ4n) is 1.96. The van der Waals surface area contributed by atoms with Gasteiger partial charge in [-0.05, 0) is 53.4 Å². The van der Waals surface area contributed by atoms with Gasteiger partial charge in [-0.15, -0.1) is 0 Å². The highest BCUT2D eigenvalue weighted by Crippen LogP contribution is 2.31. The molecule has 1 rings (SSSR count). The summed E-state index contributed by atoms with van der Waals surface area (Å²) in [4.78, 5) is 11.6. The van der Waals surface area contributed by atoms with E-state index >= 15 is 0 Å². The topological polar surface area (TPSA) is 38.3 Å². The Kier molecular flexibility index (Phi) is 3.63. The summed E-state index contributed by atoms with van der Waals surface area (Å²) in [6, 6.07) is 0. The normalized spacial score (nSPS) is 20.8. The van der Waals surface area contributed by atoms with Crippen molar-refractivity contribution in [1.82, 2.24) is 5.32 Å². The summed E-state index contributed by atoms with van der Waals surface area (Å²) >= 11 is 0. The molecule has 0 aromatic carbocycles. The first-order valence-electron chi connectivity index (χ1n) is 5.82. The third kappa shape index (κ3) is 4.54. The molecule has 1 N–H and O–H groups in total. The summed E-state index contributed by atoms with van der Waals surface area (Å²) in [5, 5.41) is 2.83. The van der Waals surface area contributed by atoms with Crippen LogP contribution in [0.25, 0.3) is 0 Å². The number of carbonyl (C=O) groups is 1. The van der Waals surface area contributed by atoms with E-state index in [1.54, 1.807) is 0 Å². The van der Waals surface area contributed by atoms with Crippen LogP contribution in [0.15, 0.2) is 0 Å². The van der Waals surface area contributed by atoms with E-state index in [1.165, 1.54) is 19.3 Å². The summed E-state index contributed by atoms with van der Waals surface area (Å²) in [6.45, 7) is 7.90. The van der Waals surface area contributed by atoms with Gasteiger partial charge in [0.1, 0.15) is 5.60 Å². The van der Waals surface area contributed by atoms with Crippen molar-refractivity contribution in [1.29, 1.82) is 0 Å². The molecular formula is C12H23NO2. The molecule has 0 aliphatic heterocycles. The average Bonchev–Trinajstić information content (AvgIpc) is 1.99. The summed E-state index contributed by atoms with van der Waals surface area (Å²) < 4.78 is 5.50. The molecule has 0 unspecified atom stereocenters. The second-order valence-corrected chi connectivity index (χ2v) is 5.78. The van der Waals surface area contributed by atoms with Crippen LogP contribution < -0.4 is 5.32 Å². The highest BCUT2D eigenvalue weighted by atomic mass is 16.6. The largest absolute Gasteiger partial charge is 0.443 e. The highest BCUT2D eigenvalue weighted by Gasteiger charge is 2.31. The third-order valence-electron chi connectivity index (χ3n) is 2.73. The Morgan fingerprint density at radius 3 is 2.20 bits per heavy atom. The van der Waals surface area contributed by atoms with Crippen LogP contribution in [0, 0.1) is 0 Å². The first kappa shape index (κ1) is 12.3. The zero-order valence-electron chi connectivity index (χ0n) is 10.4. The van der Waals surface area contributed by atoms with E-state index in [1.807, 2.05) is 27.7 Å². The molecule has 15 heavy (non-hydrogen) atoms. The van der Waals surface area contributed by atoms with E-state index in [4.69, 9.17) is 4.74 Å². The van der Waals surface area contributed by atoms with Gasteiger partial charge in [0.15, 0.2) is 0 Å². The van der Waals surface area contributed by atoms with Crippen molar-refractivity contribution in [3.63, 3.8) is 0 Å². The highest BCUT2D eigenvalue weighted by molar-refractivity contribution is 5.68. The molecular weight excluding hydrogens is 190 g/mol. The molecule has 1 fully saturated rings. The Bertz CT molecular complexity index is 224. The maximum Gasteiger partial charge on any atom is 0.408 e. The van der Waals surface area contributed by atoms with Crippen molar-refractivity contribution in [3.05, 3.63) is 0 Å². The smallest absolute Gasteiger partial charge is 0.408 e. The lowest BCUT2D eigenvalue weighted by molar-refractivity contribution is -0.00489. The minimum Gasteiger partial charge on any atom is -0.443 e. The van der Waals surface area contributed by atoms with Crippen molar-refractivity contribution in [2.45, 2.75) is 70.9 Å². The summed E-state index contributed by atoms with van der Waals surface area (Å²) in [7, 11) is 0. The van der Waals surface area contributed by atoms with Crippen LogP contribution >= 0.6 is 0 Å². The summed E-state index contributed by atoms with van der Waals surface area (Å²) in [5.74, 6) is 0. The maximum atomic E-state index is 11.6. The second-order valence-electron chi connectivity index (χ2n) is 5.78. The molecule has 88 valence electrons. The first-order valence-corrected chi connectivity index (χ1v) is 5.82. The van der Waals surface area contributed by atoms with E-state index in [0.29, 0.717) is 0 Å². The number of nitrogens with one attached hydrogen (secondary N) is 1. The van der Waals surface area contributed by atoms with Crippen LogP contribution in [-0.2, 0) is 4.74 Å². The van der Waals surface area contributed by atoms with Crippen LogP contribution in [0.1, 0.15) is 59.8 Å². The number of hydrogen-bond donors (Lipinski definition) is 1. The van der Waals surface area contributed by atoms with E-state index in [0.717, 1.165) is 12.8 Å². The number of carbonyl (C=O) groups excluding carboxylic acids is 1. The molecule has 0 aromatic heterocycles. The van der Waals surface area contributed by atoms with Gasteiger partial charge < -0.3 is 10.1 Å². The average molecular weight is 213 g/mol. The van der Waals surface area contributed by atoms with E-state index in [2.05, 4.69) is 5.32 Å². The molecule has 1 saturated carbocycles. The zero-order chi connectivity index (χ0) is 11.5. The van der Waals surface area contributed by atoms with Crippen LogP contribution in [0.2, 0.25) is 0 Å². The van der Waals surface area contributed by atoms with Gasteiger partial charge in [0.05, 0.1) is 0 Å². The van der Waals surface area contributed by atoms with Crippen molar-refractivity contribution in [3.8, 4) is 0 Å². The van der Waals surface area contributed by atoms with Gasteiger partial charge in [-0.2, -0.15) is 0 Å². The summed E-state index contributed by atoms with van der Waals surface area (Å²) in [5.41, 5.74) is -0.463. The number of hydrogen-bond acceptors (Lipinski definition) is 2. The molecule has 3 nitrogen and oxygen atoms in total. The van der Waals surface area contributed by atoms with Crippen LogP contribution in [0.4, 0.5) is 4.79 Å². The number of rotatable bonds is 1. The predicted molar refractivity (Wildman–Crippen MR) is 60.9 cm³/mol. The van der Waals surface area contributed by atoms with E-state index < -0.39 is 0 Å². The molecule has 0 saturated heterocycles. The van der Waals surface area contributed by atoms with Gasteiger partial charge in [0, 0.05) is 5.54 Å². The first-order chi connectivity index (χ1) is 6.81. The molecule has 0 atom stereocenters. The van der Waals surface area contributed by atoms with Crippen LogP contribution in [0.5, 0.6) is 0 Å². The SMILES string of the molecule is CC(C)(C)NC(=O)OC1(C)CCCCC1. The van der Waals surface area contributed by atoms with Crippen molar-refractivity contribution in [2.75, 3.05) is 0 Å². The monoisotopic (exact) mass is 213 g/mol. The summed E-state index contributed by atoms with van der Waals surface area (Å²) in [6.07, 6.45) is 5.29. The Labute approximate surface area is 92.6 Å². The lowest BCUT2D eigenvalue weighted by Crippen LogP contribution is -2.45. The molecule has 0 radical (unpaired) electrons. The standard InChI is InChI=1S/C12H23NO2/c1-11(2,3)13-10(14)15-12(4)8-6-5-7-9-12/h5-9H2,1-4H3,(H,13,14). The van der Waals surface area contributed by atoms with Crippen molar-refractivity contribution < 1.29 is 9.53 Å². The quantitative estimate of drug-likeness (QED) is 0.726. The lowest BCUT2D eigenvalue weighted by Gasteiger charge is -2.34. The van der Waals surface area contributed by atoms with Gasteiger partial charge in [0.2, 0.25) is 0 Å². The van der Waals surface area contributed by atoms with Crippen molar-refractivity contribution in [2.24, 2.45) is 0 Å². The van der Waals surface area contributed by atoms with E-state index in [9.17, 15) is 4.79 Å². The molecule has 1 aliphatic carbocycles. The molecule has 0 heterocycles. The van der Waals surface area contributed by atoms with Crippen LogP contribution in [0.3, 0.4) is 0 Å². The molecule has 0 aromatic rings. The molecule has 1 amide bonds. The van der Waals surface area contributed by atoms with Crippen LogP contribution in [-0.4, -0.2) is 17.2 Å². The van der Waals surface area contributed by atoms with Gasteiger partial charge in [-0.3, -0.25) is 0 Å². The molecule has 0 bridgehead atoms. The Morgan fingerprint density at radius 1 is 1.20 bits per heavy atom. The fraction of sp³-hybridized carbons (Fsp3) is 0.917. The zero-order valence-corrected chi connectivity index (χ0v) is 10.4. The number of amides is 1. The minimum atomic E-state index is -0.285. The third-order valence-corrected chi connectivity index (χ3v) is 2.73. The van der Waals surface area contributed by atoms with Crippen molar-refractivity contribution >= 4 is 6.09 Å². The second kappa shape index (κ2) is 4.42. The van der Waals surface area contributed by atoms with E-state index in [-0.39, 0.29) is 17.2 Å². The minimum absolute atomic E-state index is 0.220. The molecule has 0 spiro atoms. The van der Waals surface area contributed by atoms with Gasteiger partial charge in [0.25, 0.3) is 0 Å².